The maximum atomic E-state index is 11.1. The number of nitrogens with zero attached hydrogens (tertiary/aromatic N) is 3. The van der Waals surface area contributed by atoms with Gasteiger partial charge in [0.15, 0.2) is 6.10 Å². The Hall–Kier alpha value is -2.06. The minimum Gasteiger partial charge on any atom is -0.479 e. The second-order valence-corrected chi connectivity index (χ2v) is 5.05. The fourth-order valence-electron chi connectivity index (χ4n) is 2.41. The molecular formula is C13H17N3O5. The van der Waals surface area contributed by atoms with Crippen LogP contribution in [0.2, 0.25) is 0 Å². The number of carboxylic acid groups (broad SMARTS) is 1. The second kappa shape index (κ2) is 6.15. The highest BCUT2D eigenvalue weighted by Gasteiger charge is 2.27. The van der Waals surface area contributed by atoms with Gasteiger partial charge in [0, 0.05) is 37.0 Å². The van der Waals surface area contributed by atoms with E-state index >= 15 is 0 Å². The van der Waals surface area contributed by atoms with Crippen molar-refractivity contribution in [3.63, 3.8) is 0 Å². The molecule has 0 amide bonds. The SMILES string of the molecule is Cc1cnc(CN2CCOC(C(=O)O)C2)c(C)c1[N+](=O)[O-]. The number of carbonyl (C=O) groups is 1. The predicted octanol–water partition coefficient (Wildman–Crippen LogP) is 0.892. The Kier molecular flexibility index (Phi) is 4.49. The van der Waals surface area contributed by atoms with Gasteiger partial charge in [0.05, 0.1) is 17.2 Å². The number of aliphatic carboxylic acids is 1. The first-order chi connectivity index (χ1) is 9.90. The molecule has 1 aliphatic heterocycles. The van der Waals surface area contributed by atoms with Crippen LogP contribution in [0.5, 0.6) is 0 Å². The van der Waals surface area contributed by atoms with Gasteiger partial charge in [0.2, 0.25) is 0 Å². The molecule has 2 rings (SSSR count). The third-order valence-electron chi connectivity index (χ3n) is 3.56. The molecular weight excluding hydrogens is 278 g/mol. The average Bonchev–Trinajstić information content (AvgIpc) is 2.42. The number of aryl methyl sites for hydroxylation is 1. The molecule has 0 spiro atoms. The number of hydrogen-bond donors (Lipinski definition) is 1. The maximum Gasteiger partial charge on any atom is 0.334 e. The molecule has 8 nitrogen and oxygen atoms in total. The fraction of sp³-hybridized carbons (Fsp3) is 0.538. The van der Waals surface area contributed by atoms with Gasteiger partial charge in [-0.25, -0.2) is 4.79 Å². The molecule has 1 unspecified atom stereocenters. The van der Waals surface area contributed by atoms with Crippen molar-refractivity contribution in [2.75, 3.05) is 19.7 Å². The lowest BCUT2D eigenvalue weighted by Gasteiger charge is -2.30. The van der Waals surface area contributed by atoms with Crippen LogP contribution in [0.1, 0.15) is 16.8 Å². The van der Waals surface area contributed by atoms with Crippen LogP contribution in [0.15, 0.2) is 6.20 Å². The van der Waals surface area contributed by atoms with E-state index in [9.17, 15) is 14.9 Å². The Labute approximate surface area is 121 Å². The van der Waals surface area contributed by atoms with Crippen LogP contribution in [0.3, 0.4) is 0 Å². The molecule has 1 aromatic heterocycles. The average molecular weight is 295 g/mol. The molecule has 2 heterocycles. The van der Waals surface area contributed by atoms with Crippen molar-refractivity contribution in [1.29, 1.82) is 0 Å². The topological polar surface area (TPSA) is 106 Å². The minimum absolute atomic E-state index is 0.0723. The van der Waals surface area contributed by atoms with Crippen LogP contribution in [0.25, 0.3) is 0 Å². The highest BCUT2D eigenvalue weighted by atomic mass is 16.6. The first-order valence-electron chi connectivity index (χ1n) is 6.56. The van der Waals surface area contributed by atoms with Crippen molar-refractivity contribution in [3.8, 4) is 0 Å². The molecule has 0 bridgehead atoms. The molecule has 1 N–H and O–H groups in total. The molecule has 0 aliphatic carbocycles. The summed E-state index contributed by atoms with van der Waals surface area (Å²) in [5, 5.41) is 20.1. The monoisotopic (exact) mass is 295 g/mol. The molecule has 1 aliphatic rings. The number of ether oxygens (including phenoxy) is 1. The van der Waals surface area contributed by atoms with Gasteiger partial charge >= 0.3 is 5.97 Å². The standard InChI is InChI=1S/C13H17N3O5/c1-8-5-14-10(9(2)12(8)16(19)20)6-15-3-4-21-11(7-15)13(17)18/h5,11H,3-4,6-7H2,1-2H3,(H,17,18). The van der Waals surface area contributed by atoms with Gasteiger partial charge in [-0.1, -0.05) is 0 Å². The summed E-state index contributed by atoms with van der Waals surface area (Å²) in [6, 6.07) is 0. The van der Waals surface area contributed by atoms with E-state index in [1.807, 2.05) is 4.90 Å². The lowest BCUT2D eigenvalue weighted by atomic mass is 10.1. The van der Waals surface area contributed by atoms with Crippen molar-refractivity contribution in [1.82, 2.24) is 9.88 Å². The van der Waals surface area contributed by atoms with Crippen LogP contribution in [-0.2, 0) is 16.1 Å². The van der Waals surface area contributed by atoms with Gasteiger partial charge in [0.1, 0.15) is 0 Å². The Balaban J connectivity index is 2.18. The van der Waals surface area contributed by atoms with E-state index < -0.39 is 17.0 Å². The minimum atomic E-state index is -1.00. The van der Waals surface area contributed by atoms with Gasteiger partial charge in [-0.05, 0) is 13.8 Å². The molecule has 1 aromatic rings. The summed E-state index contributed by atoms with van der Waals surface area (Å²) in [5.74, 6) is -1.00. The molecule has 114 valence electrons. The van der Waals surface area contributed by atoms with Gasteiger partial charge < -0.3 is 9.84 Å². The van der Waals surface area contributed by atoms with Gasteiger partial charge in [-0.2, -0.15) is 0 Å². The molecule has 0 aromatic carbocycles. The van der Waals surface area contributed by atoms with Crippen LogP contribution < -0.4 is 0 Å². The summed E-state index contributed by atoms with van der Waals surface area (Å²) < 4.78 is 5.15. The maximum absolute atomic E-state index is 11.1. The van der Waals surface area contributed by atoms with E-state index in [1.165, 1.54) is 6.20 Å². The number of carboxylic acids is 1. The van der Waals surface area contributed by atoms with Gasteiger partial charge in [-0.3, -0.25) is 20.0 Å². The zero-order valence-corrected chi connectivity index (χ0v) is 11.9. The van der Waals surface area contributed by atoms with Crippen LogP contribution in [0, 0.1) is 24.0 Å². The normalized spacial score (nSPS) is 19.4. The number of hydrogen-bond acceptors (Lipinski definition) is 6. The number of morpholine rings is 1. The van der Waals surface area contributed by atoms with Gasteiger partial charge in [0.25, 0.3) is 5.69 Å². The number of aromatic nitrogens is 1. The number of nitro groups is 1. The molecule has 8 heteroatoms. The Morgan fingerprint density at radius 3 is 2.95 bits per heavy atom. The predicted molar refractivity (Wildman–Crippen MR) is 73.0 cm³/mol. The number of rotatable bonds is 4. The van der Waals surface area contributed by atoms with E-state index in [2.05, 4.69) is 4.98 Å². The van der Waals surface area contributed by atoms with Crippen molar-refractivity contribution in [2.24, 2.45) is 0 Å². The lowest BCUT2D eigenvalue weighted by Crippen LogP contribution is -2.45. The quantitative estimate of drug-likeness (QED) is 0.649. The molecule has 21 heavy (non-hydrogen) atoms. The van der Waals surface area contributed by atoms with Crippen molar-refractivity contribution in [3.05, 3.63) is 33.1 Å². The van der Waals surface area contributed by atoms with E-state index in [4.69, 9.17) is 9.84 Å². The highest BCUT2D eigenvalue weighted by Crippen LogP contribution is 2.25. The van der Waals surface area contributed by atoms with Crippen molar-refractivity contribution >= 4 is 11.7 Å². The summed E-state index contributed by atoms with van der Waals surface area (Å²) in [5.41, 5.74) is 1.71. The largest absolute Gasteiger partial charge is 0.479 e. The van der Waals surface area contributed by atoms with Crippen LogP contribution >= 0.6 is 0 Å². The van der Waals surface area contributed by atoms with Crippen LogP contribution in [0.4, 0.5) is 5.69 Å². The van der Waals surface area contributed by atoms with Crippen LogP contribution in [-0.4, -0.2) is 51.7 Å². The molecule has 1 atom stereocenters. The molecule has 1 saturated heterocycles. The first kappa shape index (κ1) is 15.3. The van der Waals surface area contributed by atoms with Gasteiger partial charge in [-0.15, -0.1) is 0 Å². The second-order valence-electron chi connectivity index (χ2n) is 5.05. The zero-order valence-electron chi connectivity index (χ0n) is 11.9. The zero-order chi connectivity index (χ0) is 15.6. The van der Waals surface area contributed by atoms with Crippen molar-refractivity contribution in [2.45, 2.75) is 26.5 Å². The highest BCUT2D eigenvalue weighted by molar-refractivity contribution is 5.72. The Morgan fingerprint density at radius 1 is 1.62 bits per heavy atom. The number of pyridine rings is 1. The summed E-state index contributed by atoms with van der Waals surface area (Å²) >= 11 is 0. The molecule has 0 saturated carbocycles. The smallest absolute Gasteiger partial charge is 0.334 e. The van der Waals surface area contributed by atoms with E-state index in [0.29, 0.717) is 36.5 Å². The van der Waals surface area contributed by atoms with E-state index in [1.54, 1.807) is 13.8 Å². The summed E-state index contributed by atoms with van der Waals surface area (Å²) in [7, 11) is 0. The third-order valence-corrected chi connectivity index (χ3v) is 3.56. The van der Waals surface area contributed by atoms with E-state index in [0.717, 1.165) is 0 Å². The third kappa shape index (κ3) is 3.34. The van der Waals surface area contributed by atoms with E-state index in [-0.39, 0.29) is 12.2 Å². The lowest BCUT2D eigenvalue weighted by molar-refractivity contribution is -0.386. The first-order valence-corrected chi connectivity index (χ1v) is 6.56. The Bertz CT molecular complexity index is 575. The Morgan fingerprint density at radius 2 is 2.33 bits per heavy atom. The summed E-state index contributed by atoms with van der Waals surface area (Å²) in [4.78, 5) is 27.8. The van der Waals surface area contributed by atoms with Crippen molar-refractivity contribution < 1.29 is 19.6 Å². The molecule has 1 fully saturated rings. The summed E-state index contributed by atoms with van der Waals surface area (Å²) in [6.45, 7) is 4.84. The summed E-state index contributed by atoms with van der Waals surface area (Å²) in [6.07, 6.45) is 0.620. The molecule has 0 radical (unpaired) electrons. The fourth-order valence-corrected chi connectivity index (χ4v) is 2.41.